The Kier molecular flexibility index (Phi) is 7.19. The van der Waals surface area contributed by atoms with Gasteiger partial charge >= 0.3 is 0 Å². The summed E-state index contributed by atoms with van der Waals surface area (Å²) in [5.74, 6) is -2.50. The van der Waals surface area contributed by atoms with Crippen molar-refractivity contribution in [1.29, 1.82) is 0 Å². The lowest BCUT2D eigenvalue weighted by Gasteiger charge is -2.39. The quantitative estimate of drug-likeness (QED) is 0.478. The van der Waals surface area contributed by atoms with E-state index in [2.05, 4.69) is 10.6 Å². The number of hydrogen-bond donors (Lipinski definition) is 3. The number of hydrogen-bond acceptors (Lipinski definition) is 5. The third-order valence-corrected chi connectivity index (χ3v) is 8.60. The van der Waals surface area contributed by atoms with Crippen LogP contribution in [0.25, 0.3) is 0 Å². The Morgan fingerprint density at radius 3 is 2.60 bits per heavy atom. The number of nitrogens with one attached hydrogen (secondary N) is 2. The van der Waals surface area contributed by atoms with Crippen molar-refractivity contribution in [1.82, 2.24) is 10.2 Å². The number of halogens is 1. The highest BCUT2D eigenvalue weighted by Crippen LogP contribution is 2.63. The molecule has 2 unspecified atom stereocenters. The molecule has 7 atom stereocenters. The smallest absolute Gasteiger partial charge is 0.250 e. The standard InChI is InChI=1S/C26H36ClN3O5/c1-5-13-28-22(32)19-20-24(34)30(18(14-31)15(3)6-2)21(26(20)12-11-25(19,4)35-26)23(33)29-17-10-8-7-9-16(17)27/h7-10,15,18-21,31H,5-6,11-14H2,1-4H3,(H,28,32)(H,29,33)/t15-,18-,19-,20-,21?,25+,26?/m0/s1. The monoisotopic (exact) mass is 505 g/mol. The van der Waals surface area contributed by atoms with E-state index in [0.29, 0.717) is 36.5 Å². The molecular weight excluding hydrogens is 470 g/mol. The molecule has 3 amide bonds. The van der Waals surface area contributed by atoms with Gasteiger partial charge in [-0.15, -0.1) is 0 Å². The van der Waals surface area contributed by atoms with Gasteiger partial charge in [-0.05, 0) is 44.2 Å². The lowest BCUT2D eigenvalue weighted by molar-refractivity contribution is -0.149. The van der Waals surface area contributed by atoms with Gasteiger partial charge in [0.2, 0.25) is 17.7 Å². The Morgan fingerprint density at radius 2 is 1.97 bits per heavy atom. The fraction of sp³-hybridized carbons (Fsp3) is 0.654. The lowest BCUT2D eigenvalue weighted by Crippen LogP contribution is -2.57. The highest BCUT2D eigenvalue weighted by Gasteiger charge is 2.78. The number of aliphatic hydroxyl groups is 1. The molecule has 3 aliphatic rings. The van der Waals surface area contributed by atoms with E-state index in [0.717, 1.165) is 6.42 Å². The maximum atomic E-state index is 14.1. The van der Waals surface area contributed by atoms with E-state index in [1.165, 1.54) is 4.90 Å². The average molecular weight is 506 g/mol. The zero-order valence-electron chi connectivity index (χ0n) is 20.8. The van der Waals surface area contributed by atoms with Crippen LogP contribution < -0.4 is 10.6 Å². The molecule has 2 bridgehead atoms. The van der Waals surface area contributed by atoms with Crippen molar-refractivity contribution >= 4 is 35.0 Å². The Morgan fingerprint density at radius 1 is 1.26 bits per heavy atom. The number of anilines is 1. The summed E-state index contributed by atoms with van der Waals surface area (Å²) in [6.07, 6.45) is 2.53. The number of aliphatic hydroxyl groups excluding tert-OH is 1. The van der Waals surface area contributed by atoms with Gasteiger partial charge in [-0.25, -0.2) is 0 Å². The molecule has 0 aliphatic carbocycles. The second-order valence-electron chi connectivity index (χ2n) is 10.4. The summed E-state index contributed by atoms with van der Waals surface area (Å²) in [7, 11) is 0. The van der Waals surface area contributed by atoms with Crippen molar-refractivity contribution in [2.75, 3.05) is 18.5 Å². The van der Waals surface area contributed by atoms with E-state index < -0.39 is 41.0 Å². The number of benzene rings is 1. The predicted molar refractivity (Wildman–Crippen MR) is 133 cm³/mol. The van der Waals surface area contributed by atoms with Gasteiger partial charge in [-0.2, -0.15) is 0 Å². The van der Waals surface area contributed by atoms with Gasteiger partial charge in [0.05, 0.1) is 40.8 Å². The fourth-order valence-electron chi connectivity index (χ4n) is 6.36. The van der Waals surface area contributed by atoms with Crippen LogP contribution in [0.5, 0.6) is 0 Å². The molecular formula is C26H36ClN3O5. The summed E-state index contributed by atoms with van der Waals surface area (Å²) >= 11 is 6.31. The molecule has 3 heterocycles. The largest absolute Gasteiger partial charge is 0.394 e. The van der Waals surface area contributed by atoms with Gasteiger partial charge in [0, 0.05) is 6.54 Å². The zero-order valence-corrected chi connectivity index (χ0v) is 21.6. The summed E-state index contributed by atoms with van der Waals surface area (Å²) in [6, 6.07) is 5.34. The minimum Gasteiger partial charge on any atom is -0.394 e. The molecule has 0 saturated carbocycles. The van der Waals surface area contributed by atoms with Crippen molar-refractivity contribution in [3.63, 3.8) is 0 Å². The number of para-hydroxylation sites is 1. The van der Waals surface area contributed by atoms with Crippen LogP contribution in [0.4, 0.5) is 5.69 Å². The molecule has 3 fully saturated rings. The first-order valence-electron chi connectivity index (χ1n) is 12.6. The van der Waals surface area contributed by atoms with E-state index in [9.17, 15) is 19.5 Å². The van der Waals surface area contributed by atoms with Crippen molar-refractivity contribution in [2.45, 2.75) is 76.7 Å². The second kappa shape index (κ2) is 9.71. The molecule has 0 radical (unpaired) electrons. The first-order chi connectivity index (χ1) is 16.6. The highest BCUT2D eigenvalue weighted by atomic mass is 35.5. The fourth-order valence-corrected chi connectivity index (χ4v) is 6.54. The SMILES string of the molecule is CCCNC(=O)[C@@H]1[C@H]2C(=O)N([C@@H](CO)[C@@H](C)CC)C(C(=O)Nc3ccccc3Cl)C23CC[C@@]1(C)O3. The molecule has 35 heavy (non-hydrogen) atoms. The normalized spacial score (nSPS) is 32.9. The van der Waals surface area contributed by atoms with Gasteiger partial charge in [-0.1, -0.05) is 50.9 Å². The number of likely N-dealkylation sites (tertiary alicyclic amines) is 1. The lowest BCUT2D eigenvalue weighted by atomic mass is 9.66. The first kappa shape index (κ1) is 25.9. The molecule has 3 N–H and O–H groups in total. The summed E-state index contributed by atoms with van der Waals surface area (Å²) in [6.45, 7) is 7.99. The maximum Gasteiger partial charge on any atom is 0.250 e. The summed E-state index contributed by atoms with van der Waals surface area (Å²) in [4.78, 5) is 42.8. The molecule has 4 rings (SSSR count). The van der Waals surface area contributed by atoms with Gasteiger partial charge < -0.3 is 25.4 Å². The van der Waals surface area contributed by atoms with E-state index in [1.807, 2.05) is 27.7 Å². The molecule has 1 aromatic carbocycles. The number of amides is 3. The van der Waals surface area contributed by atoms with E-state index in [-0.39, 0.29) is 24.3 Å². The van der Waals surface area contributed by atoms with Crippen LogP contribution in [0.3, 0.4) is 0 Å². The van der Waals surface area contributed by atoms with E-state index in [1.54, 1.807) is 24.3 Å². The molecule has 9 heteroatoms. The van der Waals surface area contributed by atoms with Crippen molar-refractivity contribution in [3.8, 4) is 0 Å². The summed E-state index contributed by atoms with van der Waals surface area (Å²) < 4.78 is 6.60. The number of carbonyl (C=O) groups is 3. The van der Waals surface area contributed by atoms with Crippen LogP contribution in [0.1, 0.15) is 53.4 Å². The van der Waals surface area contributed by atoms with Crippen molar-refractivity contribution in [2.24, 2.45) is 17.8 Å². The number of rotatable bonds is 9. The van der Waals surface area contributed by atoms with Crippen LogP contribution in [0, 0.1) is 17.8 Å². The Labute approximate surface area is 211 Å². The third-order valence-electron chi connectivity index (χ3n) is 8.27. The first-order valence-corrected chi connectivity index (χ1v) is 13.0. The van der Waals surface area contributed by atoms with Crippen molar-refractivity contribution in [3.05, 3.63) is 29.3 Å². The zero-order chi connectivity index (χ0) is 25.5. The molecule has 1 spiro atoms. The average Bonchev–Trinajstić information content (AvgIpc) is 3.40. The van der Waals surface area contributed by atoms with Gasteiger partial charge in [0.1, 0.15) is 11.6 Å². The van der Waals surface area contributed by atoms with Crippen LogP contribution in [-0.4, -0.2) is 64.2 Å². The number of ether oxygens (including phenoxy) is 1. The Hall–Kier alpha value is -2.16. The van der Waals surface area contributed by atoms with Crippen molar-refractivity contribution < 1.29 is 24.2 Å². The van der Waals surface area contributed by atoms with Gasteiger partial charge in [0.15, 0.2) is 0 Å². The summed E-state index contributed by atoms with van der Waals surface area (Å²) in [5.41, 5.74) is -1.55. The highest BCUT2D eigenvalue weighted by molar-refractivity contribution is 6.33. The van der Waals surface area contributed by atoms with Gasteiger partial charge in [-0.3, -0.25) is 14.4 Å². The minimum absolute atomic E-state index is 0.0602. The number of nitrogens with zero attached hydrogens (tertiary/aromatic N) is 1. The third kappa shape index (κ3) is 4.03. The molecule has 3 aliphatic heterocycles. The van der Waals surface area contributed by atoms with Crippen LogP contribution in [0.15, 0.2) is 24.3 Å². The number of carbonyl (C=O) groups excluding carboxylic acids is 3. The van der Waals surface area contributed by atoms with Crippen LogP contribution in [-0.2, 0) is 19.1 Å². The van der Waals surface area contributed by atoms with Crippen LogP contribution >= 0.6 is 11.6 Å². The molecule has 192 valence electrons. The van der Waals surface area contributed by atoms with E-state index >= 15 is 0 Å². The summed E-state index contributed by atoms with van der Waals surface area (Å²) in [5, 5.41) is 16.6. The molecule has 0 aromatic heterocycles. The predicted octanol–water partition coefficient (Wildman–Crippen LogP) is 2.98. The van der Waals surface area contributed by atoms with E-state index in [4.69, 9.17) is 16.3 Å². The molecule has 3 saturated heterocycles. The Bertz CT molecular complexity index is 1000. The number of fused-ring (bicyclic) bond motifs is 1. The maximum absolute atomic E-state index is 14.1. The van der Waals surface area contributed by atoms with Gasteiger partial charge in [0.25, 0.3) is 0 Å². The van der Waals surface area contributed by atoms with Crippen LogP contribution in [0.2, 0.25) is 5.02 Å². The Balaban J connectivity index is 1.79. The topological polar surface area (TPSA) is 108 Å². The second-order valence-corrected chi connectivity index (χ2v) is 10.8. The molecule has 1 aromatic rings. The minimum atomic E-state index is -1.15. The molecule has 8 nitrogen and oxygen atoms in total.